The zero-order valence-corrected chi connectivity index (χ0v) is 16.6. The molecule has 2 aromatic heterocycles. The Morgan fingerprint density at radius 1 is 1.36 bits per heavy atom. The molecule has 1 saturated heterocycles. The third-order valence-corrected chi connectivity index (χ3v) is 5.28. The van der Waals surface area contributed by atoms with Crippen molar-refractivity contribution < 1.29 is 9.15 Å². The molecule has 2 aromatic rings. The minimum atomic E-state index is 0.230. The Morgan fingerprint density at radius 2 is 2.32 bits per heavy atom. The molecule has 0 aromatic carbocycles. The Balaban J connectivity index is 1.35. The van der Waals surface area contributed by atoms with E-state index in [9.17, 15) is 0 Å². The first-order valence-electron chi connectivity index (χ1n) is 10.4. The van der Waals surface area contributed by atoms with Gasteiger partial charge in [-0.15, -0.1) is 0 Å². The van der Waals surface area contributed by atoms with Crippen molar-refractivity contribution in [1.29, 1.82) is 0 Å². The lowest BCUT2D eigenvalue weighted by atomic mass is 10.1. The third kappa shape index (κ3) is 5.13. The fourth-order valence-electron chi connectivity index (χ4n) is 3.80. The SMILES string of the molecule is Cc1nc2n(n1)CC(NC(=NCC1CCCCO1)NCCc1ccco1)CC2. The smallest absolute Gasteiger partial charge is 0.191 e. The predicted molar refractivity (Wildman–Crippen MR) is 106 cm³/mol. The molecule has 2 N–H and O–H groups in total. The van der Waals surface area contributed by atoms with Crippen molar-refractivity contribution in [1.82, 2.24) is 25.4 Å². The molecule has 8 heteroatoms. The largest absolute Gasteiger partial charge is 0.469 e. The monoisotopic (exact) mass is 386 g/mol. The molecule has 2 aliphatic heterocycles. The average Bonchev–Trinajstić information content (AvgIpc) is 3.35. The van der Waals surface area contributed by atoms with Gasteiger partial charge in [0.2, 0.25) is 0 Å². The van der Waals surface area contributed by atoms with Crippen LogP contribution in [0.1, 0.15) is 43.1 Å². The number of aromatic nitrogens is 3. The Hall–Kier alpha value is -2.35. The molecule has 0 radical (unpaired) electrons. The molecule has 2 atom stereocenters. The number of hydrogen-bond acceptors (Lipinski definition) is 5. The van der Waals surface area contributed by atoms with Gasteiger partial charge in [-0.1, -0.05) is 0 Å². The van der Waals surface area contributed by atoms with Gasteiger partial charge in [0.05, 0.1) is 25.5 Å². The summed E-state index contributed by atoms with van der Waals surface area (Å²) in [5, 5.41) is 11.5. The predicted octanol–water partition coefficient (Wildman–Crippen LogP) is 1.84. The summed E-state index contributed by atoms with van der Waals surface area (Å²) in [6, 6.07) is 4.20. The van der Waals surface area contributed by atoms with Crippen LogP contribution in [0.4, 0.5) is 0 Å². The summed E-state index contributed by atoms with van der Waals surface area (Å²) < 4.78 is 13.3. The summed E-state index contributed by atoms with van der Waals surface area (Å²) in [5.41, 5.74) is 0. The quantitative estimate of drug-likeness (QED) is 0.582. The third-order valence-electron chi connectivity index (χ3n) is 5.28. The van der Waals surface area contributed by atoms with Crippen LogP contribution in [0.3, 0.4) is 0 Å². The van der Waals surface area contributed by atoms with Crippen molar-refractivity contribution in [3.8, 4) is 0 Å². The first-order valence-corrected chi connectivity index (χ1v) is 10.4. The molecule has 2 aliphatic rings. The van der Waals surface area contributed by atoms with Gasteiger partial charge in [0.15, 0.2) is 5.96 Å². The molecule has 0 bridgehead atoms. The van der Waals surface area contributed by atoms with Crippen LogP contribution >= 0.6 is 0 Å². The fraction of sp³-hybridized carbons (Fsp3) is 0.650. The maximum absolute atomic E-state index is 5.83. The zero-order chi connectivity index (χ0) is 19.2. The number of guanidine groups is 1. The normalized spacial score (nSPS) is 22.7. The highest BCUT2D eigenvalue weighted by Crippen LogP contribution is 2.14. The number of fused-ring (bicyclic) bond motifs is 1. The average molecular weight is 387 g/mol. The summed E-state index contributed by atoms with van der Waals surface area (Å²) in [4.78, 5) is 9.31. The van der Waals surface area contributed by atoms with Crippen LogP contribution in [0, 0.1) is 6.92 Å². The van der Waals surface area contributed by atoms with E-state index in [1.165, 1.54) is 6.42 Å². The number of aryl methyl sites for hydroxylation is 2. The van der Waals surface area contributed by atoms with Crippen molar-refractivity contribution in [2.45, 2.75) is 64.1 Å². The number of nitrogens with zero attached hydrogens (tertiary/aromatic N) is 4. The van der Waals surface area contributed by atoms with Gasteiger partial charge in [-0.25, -0.2) is 9.67 Å². The molecule has 4 rings (SSSR count). The number of furan rings is 1. The summed E-state index contributed by atoms with van der Waals surface area (Å²) in [6.07, 6.45) is 8.21. The van der Waals surface area contributed by atoms with Gasteiger partial charge in [0.1, 0.15) is 17.4 Å². The molecular formula is C20H30N6O2. The molecule has 2 unspecified atom stereocenters. The zero-order valence-electron chi connectivity index (χ0n) is 16.6. The highest BCUT2D eigenvalue weighted by Gasteiger charge is 2.22. The molecule has 0 amide bonds. The molecule has 8 nitrogen and oxygen atoms in total. The van der Waals surface area contributed by atoms with E-state index < -0.39 is 0 Å². The maximum Gasteiger partial charge on any atom is 0.191 e. The van der Waals surface area contributed by atoms with Crippen molar-refractivity contribution in [3.63, 3.8) is 0 Å². The van der Waals surface area contributed by atoms with E-state index in [2.05, 4.69) is 20.7 Å². The molecule has 4 heterocycles. The van der Waals surface area contributed by atoms with Gasteiger partial charge in [-0.2, -0.15) is 5.10 Å². The lowest BCUT2D eigenvalue weighted by Gasteiger charge is -2.26. The van der Waals surface area contributed by atoms with E-state index in [1.54, 1.807) is 6.26 Å². The Labute approximate surface area is 165 Å². The second-order valence-corrected chi connectivity index (χ2v) is 7.57. The van der Waals surface area contributed by atoms with Gasteiger partial charge >= 0.3 is 0 Å². The van der Waals surface area contributed by atoms with Crippen molar-refractivity contribution in [2.75, 3.05) is 19.7 Å². The van der Waals surface area contributed by atoms with Gasteiger partial charge < -0.3 is 19.8 Å². The lowest BCUT2D eigenvalue weighted by Crippen LogP contribution is -2.48. The first kappa shape index (κ1) is 19.0. The maximum atomic E-state index is 5.83. The van der Waals surface area contributed by atoms with E-state index >= 15 is 0 Å². The minimum Gasteiger partial charge on any atom is -0.469 e. The molecular weight excluding hydrogens is 356 g/mol. The number of hydrogen-bond donors (Lipinski definition) is 2. The molecule has 0 spiro atoms. The van der Waals surface area contributed by atoms with Crippen LogP contribution in [0.25, 0.3) is 0 Å². The molecule has 1 fully saturated rings. The van der Waals surface area contributed by atoms with E-state index in [0.29, 0.717) is 6.54 Å². The van der Waals surface area contributed by atoms with Crippen LogP contribution in [0.5, 0.6) is 0 Å². The van der Waals surface area contributed by atoms with Gasteiger partial charge in [-0.05, 0) is 44.7 Å². The molecule has 152 valence electrons. The van der Waals surface area contributed by atoms with Gasteiger partial charge in [0.25, 0.3) is 0 Å². The Bertz CT molecular complexity index is 764. The van der Waals surface area contributed by atoms with Crippen LogP contribution in [0.15, 0.2) is 27.8 Å². The van der Waals surface area contributed by atoms with Crippen LogP contribution in [0.2, 0.25) is 0 Å². The summed E-state index contributed by atoms with van der Waals surface area (Å²) in [5.74, 6) is 3.74. The van der Waals surface area contributed by atoms with E-state index in [4.69, 9.17) is 14.1 Å². The summed E-state index contributed by atoms with van der Waals surface area (Å²) in [7, 11) is 0. The van der Waals surface area contributed by atoms with Crippen LogP contribution < -0.4 is 10.6 Å². The Morgan fingerprint density at radius 3 is 3.14 bits per heavy atom. The molecule has 0 aliphatic carbocycles. The summed E-state index contributed by atoms with van der Waals surface area (Å²) >= 11 is 0. The Kier molecular flexibility index (Phi) is 6.26. The summed E-state index contributed by atoms with van der Waals surface area (Å²) in [6.45, 7) is 5.07. The lowest BCUT2D eigenvalue weighted by molar-refractivity contribution is 0.0224. The van der Waals surface area contributed by atoms with E-state index in [-0.39, 0.29) is 12.1 Å². The second kappa shape index (κ2) is 9.23. The number of aliphatic imine (C=N–C) groups is 1. The van der Waals surface area contributed by atoms with Gasteiger partial charge in [-0.3, -0.25) is 4.99 Å². The number of ether oxygens (including phenoxy) is 1. The number of rotatable bonds is 6. The second-order valence-electron chi connectivity index (χ2n) is 7.57. The van der Waals surface area contributed by atoms with Gasteiger partial charge in [0, 0.05) is 32.0 Å². The first-order chi connectivity index (χ1) is 13.8. The highest BCUT2D eigenvalue weighted by molar-refractivity contribution is 5.80. The van der Waals surface area contributed by atoms with E-state index in [0.717, 1.165) is 75.2 Å². The molecule has 28 heavy (non-hydrogen) atoms. The fourth-order valence-corrected chi connectivity index (χ4v) is 3.80. The highest BCUT2D eigenvalue weighted by atomic mass is 16.5. The van der Waals surface area contributed by atoms with Crippen molar-refractivity contribution >= 4 is 5.96 Å². The van der Waals surface area contributed by atoms with Crippen molar-refractivity contribution in [2.24, 2.45) is 4.99 Å². The van der Waals surface area contributed by atoms with Crippen LogP contribution in [-0.4, -0.2) is 52.6 Å². The van der Waals surface area contributed by atoms with Crippen molar-refractivity contribution in [3.05, 3.63) is 35.8 Å². The standard InChI is InChI=1S/C20H30N6O2/c1-15-23-19-8-7-16(14-26(19)25-15)24-20(21-10-9-17-6-4-12-27-17)22-13-18-5-2-3-11-28-18/h4,6,12,16,18H,2-3,5,7-11,13-14H2,1H3,(H2,21,22,24). The van der Waals surface area contributed by atoms with Crippen LogP contribution in [-0.2, 0) is 24.1 Å². The molecule has 0 saturated carbocycles. The number of nitrogens with one attached hydrogen (secondary N) is 2. The minimum absolute atomic E-state index is 0.230. The van der Waals surface area contributed by atoms with E-state index in [1.807, 2.05) is 23.7 Å². The topological polar surface area (TPSA) is 89.5 Å².